The summed E-state index contributed by atoms with van der Waals surface area (Å²) in [6, 6.07) is 0. The van der Waals surface area contributed by atoms with Gasteiger partial charge in [0.15, 0.2) is 0 Å². The molecule has 0 aliphatic rings. The van der Waals surface area contributed by atoms with Crippen LogP contribution in [0.25, 0.3) is 0 Å². The number of allylic oxidation sites excluding steroid dienone is 1. The van der Waals surface area contributed by atoms with Gasteiger partial charge in [-0.1, -0.05) is 18.6 Å². The van der Waals surface area contributed by atoms with E-state index in [4.69, 9.17) is 11.6 Å². The molecule has 0 spiro atoms. The average molecular weight is 190 g/mol. The Morgan fingerprint density at radius 3 is 2.67 bits per heavy atom. The zero-order valence-electron chi connectivity index (χ0n) is 8.36. The highest BCUT2D eigenvalue weighted by Gasteiger charge is 1.98. The van der Waals surface area contributed by atoms with Crippen LogP contribution in [0.5, 0.6) is 0 Å². The van der Waals surface area contributed by atoms with E-state index in [1.807, 2.05) is 0 Å². The fourth-order valence-electron chi connectivity index (χ4n) is 0.894. The molecule has 0 aromatic carbocycles. The summed E-state index contributed by atoms with van der Waals surface area (Å²) in [4.78, 5) is 0. The minimum atomic E-state index is 0.688. The molecule has 0 bridgehead atoms. The molecule has 72 valence electrons. The van der Waals surface area contributed by atoms with Crippen LogP contribution in [-0.2, 0) is 0 Å². The smallest absolute Gasteiger partial charge is 0.0226 e. The Bertz CT molecular complexity index is 128. The van der Waals surface area contributed by atoms with Crippen molar-refractivity contribution in [1.29, 1.82) is 0 Å². The van der Waals surface area contributed by atoms with Gasteiger partial charge < -0.3 is 5.32 Å². The van der Waals surface area contributed by atoms with Gasteiger partial charge in [-0.2, -0.15) is 0 Å². The second kappa shape index (κ2) is 7.63. The number of halogens is 1. The van der Waals surface area contributed by atoms with E-state index < -0.39 is 0 Å². The third-order valence-corrected chi connectivity index (χ3v) is 1.97. The number of nitrogens with one attached hydrogen (secondary N) is 1. The standard InChI is InChI=1S/C10H20ClN/c1-9(2)5-7-12-8-10(3)4-6-11/h5,10,12H,4,6-8H2,1-3H3. The highest BCUT2D eigenvalue weighted by Crippen LogP contribution is 2.00. The molecule has 1 nitrogen and oxygen atoms in total. The van der Waals surface area contributed by atoms with Crippen LogP contribution in [0.15, 0.2) is 11.6 Å². The first-order chi connectivity index (χ1) is 5.66. The Balaban J connectivity index is 3.25. The molecule has 0 saturated heterocycles. The van der Waals surface area contributed by atoms with Gasteiger partial charge in [0.1, 0.15) is 0 Å². The molecular weight excluding hydrogens is 170 g/mol. The molecule has 0 fully saturated rings. The summed E-state index contributed by atoms with van der Waals surface area (Å²) < 4.78 is 0. The molecule has 0 amide bonds. The van der Waals surface area contributed by atoms with Crippen LogP contribution in [0.1, 0.15) is 27.2 Å². The predicted octanol–water partition coefficient (Wildman–Crippen LogP) is 2.81. The van der Waals surface area contributed by atoms with Crippen molar-refractivity contribution >= 4 is 11.6 Å². The average Bonchev–Trinajstić information content (AvgIpc) is 1.98. The van der Waals surface area contributed by atoms with Crippen LogP contribution in [0.3, 0.4) is 0 Å². The zero-order valence-corrected chi connectivity index (χ0v) is 9.12. The molecule has 2 heteroatoms. The van der Waals surface area contributed by atoms with Gasteiger partial charge in [0.05, 0.1) is 0 Å². The lowest BCUT2D eigenvalue weighted by Crippen LogP contribution is -2.21. The van der Waals surface area contributed by atoms with E-state index in [0.29, 0.717) is 5.92 Å². The van der Waals surface area contributed by atoms with Crippen LogP contribution in [0, 0.1) is 5.92 Å². The third kappa shape index (κ3) is 8.09. The summed E-state index contributed by atoms with van der Waals surface area (Å²) in [6.45, 7) is 8.50. The Labute approximate surface area is 81.2 Å². The van der Waals surface area contributed by atoms with Crippen molar-refractivity contribution in [3.8, 4) is 0 Å². The van der Waals surface area contributed by atoms with Crippen molar-refractivity contribution in [1.82, 2.24) is 5.32 Å². The molecule has 0 aromatic heterocycles. The van der Waals surface area contributed by atoms with E-state index in [1.165, 1.54) is 5.57 Å². The van der Waals surface area contributed by atoms with Gasteiger partial charge in [-0.25, -0.2) is 0 Å². The topological polar surface area (TPSA) is 12.0 Å². The van der Waals surface area contributed by atoms with Crippen molar-refractivity contribution in [2.24, 2.45) is 5.92 Å². The minimum Gasteiger partial charge on any atom is -0.313 e. The number of alkyl halides is 1. The van der Waals surface area contributed by atoms with Crippen molar-refractivity contribution in [2.75, 3.05) is 19.0 Å². The predicted molar refractivity (Wildman–Crippen MR) is 56.8 cm³/mol. The maximum Gasteiger partial charge on any atom is 0.0226 e. The van der Waals surface area contributed by atoms with E-state index >= 15 is 0 Å². The van der Waals surface area contributed by atoms with Gasteiger partial charge >= 0.3 is 0 Å². The summed E-state index contributed by atoms with van der Waals surface area (Å²) >= 11 is 5.62. The second-order valence-electron chi connectivity index (χ2n) is 3.52. The SMILES string of the molecule is CC(C)=CCNCC(C)CCCl. The summed E-state index contributed by atoms with van der Waals surface area (Å²) in [7, 11) is 0. The maximum absolute atomic E-state index is 5.62. The van der Waals surface area contributed by atoms with Gasteiger partial charge in [-0.05, 0) is 32.7 Å². The zero-order chi connectivity index (χ0) is 9.40. The molecule has 0 heterocycles. The molecule has 0 rings (SSSR count). The molecule has 12 heavy (non-hydrogen) atoms. The first kappa shape index (κ1) is 12.0. The van der Waals surface area contributed by atoms with Crippen molar-refractivity contribution in [3.05, 3.63) is 11.6 Å². The summed E-state index contributed by atoms with van der Waals surface area (Å²) in [5.74, 6) is 1.46. The summed E-state index contributed by atoms with van der Waals surface area (Å²) in [5, 5.41) is 3.37. The van der Waals surface area contributed by atoms with Gasteiger partial charge in [-0.15, -0.1) is 11.6 Å². The Kier molecular flexibility index (Phi) is 7.62. The van der Waals surface area contributed by atoms with Crippen LogP contribution >= 0.6 is 11.6 Å². The number of hydrogen-bond donors (Lipinski definition) is 1. The fourth-order valence-corrected chi connectivity index (χ4v) is 1.27. The number of hydrogen-bond acceptors (Lipinski definition) is 1. The molecular formula is C10H20ClN. The highest BCUT2D eigenvalue weighted by atomic mass is 35.5. The first-order valence-corrected chi connectivity index (χ1v) is 5.10. The van der Waals surface area contributed by atoms with Crippen LogP contribution in [0.4, 0.5) is 0 Å². The van der Waals surface area contributed by atoms with Crippen LogP contribution in [0.2, 0.25) is 0 Å². The lowest BCUT2D eigenvalue weighted by molar-refractivity contribution is 0.518. The molecule has 0 saturated carbocycles. The largest absolute Gasteiger partial charge is 0.313 e. The Hall–Kier alpha value is -0.0100. The Morgan fingerprint density at radius 2 is 2.17 bits per heavy atom. The summed E-state index contributed by atoms with van der Waals surface area (Å²) in [5.41, 5.74) is 1.37. The van der Waals surface area contributed by atoms with Gasteiger partial charge in [0.2, 0.25) is 0 Å². The molecule has 1 unspecified atom stereocenters. The summed E-state index contributed by atoms with van der Waals surface area (Å²) in [6.07, 6.45) is 3.30. The maximum atomic E-state index is 5.62. The van der Waals surface area contributed by atoms with Gasteiger partial charge in [-0.3, -0.25) is 0 Å². The van der Waals surface area contributed by atoms with Crippen molar-refractivity contribution < 1.29 is 0 Å². The normalized spacial score (nSPS) is 12.7. The molecule has 1 atom stereocenters. The van der Waals surface area contributed by atoms with E-state index in [9.17, 15) is 0 Å². The van der Waals surface area contributed by atoms with E-state index in [2.05, 4.69) is 32.2 Å². The molecule has 0 aromatic rings. The molecule has 1 N–H and O–H groups in total. The quantitative estimate of drug-likeness (QED) is 0.385. The van der Waals surface area contributed by atoms with E-state index in [-0.39, 0.29) is 0 Å². The molecule has 0 aliphatic carbocycles. The van der Waals surface area contributed by atoms with E-state index in [1.54, 1.807) is 0 Å². The third-order valence-electron chi connectivity index (χ3n) is 1.75. The van der Waals surface area contributed by atoms with Crippen molar-refractivity contribution in [2.45, 2.75) is 27.2 Å². The second-order valence-corrected chi connectivity index (χ2v) is 3.90. The number of rotatable bonds is 6. The molecule has 0 aliphatic heterocycles. The fraction of sp³-hybridized carbons (Fsp3) is 0.800. The molecule has 0 radical (unpaired) electrons. The van der Waals surface area contributed by atoms with Crippen LogP contribution in [-0.4, -0.2) is 19.0 Å². The van der Waals surface area contributed by atoms with Crippen LogP contribution < -0.4 is 5.32 Å². The Morgan fingerprint density at radius 1 is 1.50 bits per heavy atom. The van der Waals surface area contributed by atoms with E-state index in [0.717, 1.165) is 25.4 Å². The highest BCUT2D eigenvalue weighted by molar-refractivity contribution is 6.17. The lowest BCUT2D eigenvalue weighted by atomic mass is 10.1. The minimum absolute atomic E-state index is 0.688. The monoisotopic (exact) mass is 189 g/mol. The first-order valence-electron chi connectivity index (χ1n) is 4.57. The van der Waals surface area contributed by atoms with Gasteiger partial charge in [0, 0.05) is 12.4 Å². The lowest BCUT2D eigenvalue weighted by Gasteiger charge is -2.09. The van der Waals surface area contributed by atoms with Crippen molar-refractivity contribution in [3.63, 3.8) is 0 Å². The van der Waals surface area contributed by atoms with Gasteiger partial charge in [0.25, 0.3) is 0 Å².